The highest BCUT2D eigenvalue weighted by atomic mass is 16.6. The molecule has 0 radical (unpaired) electrons. The monoisotopic (exact) mass is 306 g/mol. The zero-order chi connectivity index (χ0) is 16.2. The number of nitro benzene ring substituents is 1. The van der Waals surface area contributed by atoms with Crippen LogP contribution in [0, 0.1) is 10.1 Å². The van der Waals surface area contributed by atoms with Crippen LogP contribution in [0.3, 0.4) is 0 Å². The summed E-state index contributed by atoms with van der Waals surface area (Å²) < 4.78 is 0. The Bertz CT molecular complexity index is 593. The van der Waals surface area contributed by atoms with Crippen molar-refractivity contribution in [3.8, 4) is 0 Å². The SMILES string of the molecule is O=C(Cc1cccc([N+](=O)[O-])c1)NC1(C(=O)O)CCCCC1. The molecule has 0 aromatic heterocycles. The van der Waals surface area contributed by atoms with Gasteiger partial charge in [-0.15, -0.1) is 0 Å². The summed E-state index contributed by atoms with van der Waals surface area (Å²) >= 11 is 0. The summed E-state index contributed by atoms with van der Waals surface area (Å²) in [5.41, 5.74) is -0.797. The number of nitrogens with zero attached hydrogens (tertiary/aromatic N) is 1. The zero-order valence-electron chi connectivity index (χ0n) is 12.1. The van der Waals surface area contributed by atoms with Gasteiger partial charge in [-0.1, -0.05) is 31.4 Å². The number of nitro groups is 1. The molecule has 0 bridgehead atoms. The van der Waals surface area contributed by atoms with Gasteiger partial charge in [-0.25, -0.2) is 4.79 Å². The molecule has 1 saturated carbocycles. The third-order valence-electron chi connectivity index (χ3n) is 3.98. The third kappa shape index (κ3) is 3.60. The molecule has 1 amide bonds. The van der Waals surface area contributed by atoms with Gasteiger partial charge >= 0.3 is 5.97 Å². The van der Waals surface area contributed by atoms with Gasteiger partial charge in [0.05, 0.1) is 11.3 Å². The normalized spacial score (nSPS) is 16.7. The molecule has 0 aliphatic heterocycles. The van der Waals surface area contributed by atoms with Crippen LogP contribution in [-0.4, -0.2) is 27.4 Å². The Kier molecular flexibility index (Phi) is 4.75. The molecule has 7 nitrogen and oxygen atoms in total. The molecular formula is C15H18N2O5. The fourth-order valence-electron chi connectivity index (χ4n) is 2.82. The summed E-state index contributed by atoms with van der Waals surface area (Å²) in [6.07, 6.45) is 3.27. The Morgan fingerprint density at radius 3 is 2.55 bits per heavy atom. The van der Waals surface area contributed by atoms with Crippen molar-refractivity contribution in [3.05, 3.63) is 39.9 Å². The average Bonchev–Trinajstić information content (AvgIpc) is 2.48. The van der Waals surface area contributed by atoms with Crippen LogP contribution in [-0.2, 0) is 16.0 Å². The molecule has 1 aliphatic rings. The third-order valence-corrected chi connectivity index (χ3v) is 3.98. The Balaban J connectivity index is 2.07. The Morgan fingerprint density at radius 1 is 1.27 bits per heavy atom. The number of nitrogens with one attached hydrogen (secondary N) is 1. The first-order chi connectivity index (χ1) is 10.4. The molecule has 1 aromatic carbocycles. The zero-order valence-corrected chi connectivity index (χ0v) is 12.1. The van der Waals surface area contributed by atoms with Crippen molar-refractivity contribution in [1.29, 1.82) is 0 Å². The number of rotatable bonds is 5. The lowest BCUT2D eigenvalue weighted by Crippen LogP contribution is -2.55. The van der Waals surface area contributed by atoms with Crippen LogP contribution in [0.5, 0.6) is 0 Å². The molecule has 118 valence electrons. The molecular weight excluding hydrogens is 288 g/mol. The minimum atomic E-state index is -1.20. The maximum atomic E-state index is 12.1. The van der Waals surface area contributed by atoms with E-state index in [0.717, 1.165) is 19.3 Å². The van der Waals surface area contributed by atoms with Crippen LogP contribution in [0.15, 0.2) is 24.3 Å². The molecule has 1 aromatic rings. The largest absolute Gasteiger partial charge is 0.480 e. The van der Waals surface area contributed by atoms with Crippen molar-refractivity contribution in [2.45, 2.75) is 44.1 Å². The summed E-state index contributed by atoms with van der Waals surface area (Å²) in [5.74, 6) is -1.44. The first kappa shape index (κ1) is 15.9. The van der Waals surface area contributed by atoms with Crippen molar-refractivity contribution in [2.75, 3.05) is 0 Å². The molecule has 1 aliphatic carbocycles. The van der Waals surface area contributed by atoms with Crippen LogP contribution in [0.2, 0.25) is 0 Å². The van der Waals surface area contributed by atoms with E-state index in [9.17, 15) is 24.8 Å². The number of benzene rings is 1. The molecule has 7 heteroatoms. The predicted octanol–water partition coefficient (Wildman–Crippen LogP) is 2.04. The number of carboxylic acid groups (broad SMARTS) is 1. The van der Waals surface area contributed by atoms with Crippen molar-refractivity contribution < 1.29 is 19.6 Å². The number of aliphatic carboxylic acids is 1. The van der Waals surface area contributed by atoms with E-state index in [1.807, 2.05) is 0 Å². The van der Waals surface area contributed by atoms with Crippen molar-refractivity contribution in [2.24, 2.45) is 0 Å². The smallest absolute Gasteiger partial charge is 0.329 e. The molecule has 2 rings (SSSR count). The molecule has 0 unspecified atom stereocenters. The minimum absolute atomic E-state index is 0.0727. The van der Waals surface area contributed by atoms with E-state index in [2.05, 4.69) is 5.32 Å². The number of carbonyl (C=O) groups excluding carboxylic acids is 1. The standard InChI is InChI=1S/C15H18N2O5/c18-13(10-11-5-4-6-12(9-11)17(21)22)16-15(14(19)20)7-2-1-3-8-15/h4-6,9H,1-3,7-8,10H2,(H,16,18)(H,19,20). The van der Waals surface area contributed by atoms with E-state index in [0.29, 0.717) is 18.4 Å². The highest BCUT2D eigenvalue weighted by molar-refractivity contribution is 5.88. The lowest BCUT2D eigenvalue weighted by molar-refractivity contribution is -0.384. The van der Waals surface area contributed by atoms with Gasteiger partial charge in [0.1, 0.15) is 5.54 Å². The second-order valence-corrected chi connectivity index (χ2v) is 5.60. The highest BCUT2D eigenvalue weighted by Gasteiger charge is 2.40. The van der Waals surface area contributed by atoms with E-state index in [-0.39, 0.29) is 12.1 Å². The van der Waals surface area contributed by atoms with Crippen LogP contribution in [0.1, 0.15) is 37.7 Å². The number of carboxylic acids is 1. The van der Waals surface area contributed by atoms with Gasteiger partial charge in [0, 0.05) is 12.1 Å². The Hall–Kier alpha value is -2.44. The van der Waals surface area contributed by atoms with Gasteiger partial charge in [0.25, 0.3) is 5.69 Å². The summed E-state index contributed by atoms with van der Waals surface area (Å²) in [6.45, 7) is 0. The number of hydrogen-bond donors (Lipinski definition) is 2. The second kappa shape index (κ2) is 6.55. The van der Waals surface area contributed by atoms with Gasteiger partial charge in [-0.05, 0) is 18.4 Å². The fraction of sp³-hybridized carbons (Fsp3) is 0.467. The maximum absolute atomic E-state index is 12.1. The molecule has 1 fully saturated rings. The average molecular weight is 306 g/mol. The van der Waals surface area contributed by atoms with Crippen molar-refractivity contribution >= 4 is 17.6 Å². The van der Waals surface area contributed by atoms with Crippen LogP contribution < -0.4 is 5.32 Å². The first-order valence-corrected chi connectivity index (χ1v) is 7.21. The van der Waals surface area contributed by atoms with Crippen LogP contribution in [0.4, 0.5) is 5.69 Å². The van der Waals surface area contributed by atoms with Crippen molar-refractivity contribution in [3.63, 3.8) is 0 Å². The minimum Gasteiger partial charge on any atom is -0.480 e. The Labute approximate surface area is 127 Å². The summed E-state index contributed by atoms with van der Waals surface area (Å²) in [7, 11) is 0. The van der Waals surface area contributed by atoms with Crippen LogP contribution >= 0.6 is 0 Å². The topological polar surface area (TPSA) is 110 Å². The Morgan fingerprint density at radius 2 is 1.95 bits per heavy atom. The number of hydrogen-bond acceptors (Lipinski definition) is 4. The van der Waals surface area contributed by atoms with E-state index in [1.54, 1.807) is 6.07 Å². The molecule has 0 saturated heterocycles. The predicted molar refractivity (Wildman–Crippen MR) is 78.4 cm³/mol. The van der Waals surface area contributed by atoms with Gasteiger partial charge in [-0.3, -0.25) is 14.9 Å². The van der Waals surface area contributed by atoms with Crippen molar-refractivity contribution in [1.82, 2.24) is 5.32 Å². The summed E-state index contributed by atoms with van der Waals surface area (Å²) in [4.78, 5) is 33.8. The molecule has 0 heterocycles. The lowest BCUT2D eigenvalue weighted by Gasteiger charge is -2.34. The molecule has 0 atom stereocenters. The van der Waals surface area contributed by atoms with Gasteiger partial charge < -0.3 is 10.4 Å². The van der Waals surface area contributed by atoms with Gasteiger partial charge in [-0.2, -0.15) is 0 Å². The summed E-state index contributed by atoms with van der Waals surface area (Å²) in [6, 6.07) is 5.80. The maximum Gasteiger partial charge on any atom is 0.329 e. The van der Waals surface area contributed by atoms with Gasteiger partial charge in [0.2, 0.25) is 5.91 Å². The molecule has 2 N–H and O–H groups in total. The summed E-state index contributed by atoms with van der Waals surface area (Å²) in [5, 5.41) is 22.8. The van der Waals surface area contributed by atoms with E-state index < -0.39 is 22.3 Å². The fourth-order valence-corrected chi connectivity index (χ4v) is 2.82. The van der Waals surface area contributed by atoms with E-state index >= 15 is 0 Å². The number of carbonyl (C=O) groups is 2. The molecule has 22 heavy (non-hydrogen) atoms. The van der Waals surface area contributed by atoms with E-state index in [4.69, 9.17) is 0 Å². The second-order valence-electron chi connectivity index (χ2n) is 5.60. The number of amides is 1. The lowest BCUT2D eigenvalue weighted by atomic mass is 9.81. The highest BCUT2D eigenvalue weighted by Crippen LogP contribution is 2.28. The van der Waals surface area contributed by atoms with E-state index in [1.165, 1.54) is 18.2 Å². The van der Waals surface area contributed by atoms with Crippen LogP contribution in [0.25, 0.3) is 0 Å². The van der Waals surface area contributed by atoms with Gasteiger partial charge in [0.15, 0.2) is 0 Å². The quantitative estimate of drug-likeness (QED) is 0.639. The molecule has 0 spiro atoms. The first-order valence-electron chi connectivity index (χ1n) is 7.21. The number of non-ortho nitro benzene ring substituents is 1.